The molecule has 0 aliphatic carbocycles. The zero-order valence-electron chi connectivity index (χ0n) is 20.8. The van der Waals surface area contributed by atoms with Gasteiger partial charge in [0.05, 0.1) is 21.9 Å². The van der Waals surface area contributed by atoms with E-state index >= 15 is 0 Å². The highest BCUT2D eigenvalue weighted by atomic mass is 32.2. The Kier molecular flexibility index (Phi) is 7.51. The second-order valence-corrected chi connectivity index (χ2v) is 10.5. The van der Waals surface area contributed by atoms with E-state index < -0.39 is 4.92 Å². The molecular weight excluding hydrogens is 482 g/mol. The molecule has 0 N–H and O–H groups in total. The summed E-state index contributed by atoms with van der Waals surface area (Å²) in [4.78, 5) is 28.0. The van der Waals surface area contributed by atoms with Crippen molar-refractivity contribution < 1.29 is 9.72 Å². The number of carbonyl (C=O) groups is 1. The standard InChI is InChI=1S/C30H25N3O3S/c1-30(2,3)23-13-9-20(10-14-23)25-17-27(21-7-5-4-6-8-21)32-29(26(25)18-31)37-19-28(34)22-11-15-24(16-12-22)33(35)36/h4-17H,19H2,1-3H3. The van der Waals surface area contributed by atoms with E-state index in [1.54, 1.807) is 0 Å². The number of nitriles is 1. The lowest BCUT2D eigenvalue weighted by Gasteiger charge is -2.19. The first-order valence-electron chi connectivity index (χ1n) is 11.7. The molecule has 37 heavy (non-hydrogen) atoms. The molecule has 0 amide bonds. The van der Waals surface area contributed by atoms with Gasteiger partial charge in [0.2, 0.25) is 0 Å². The molecule has 0 fully saturated rings. The maximum atomic E-state index is 12.8. The molecule has 7 heteroatoms. The van der Waals surface area contributed by atoms with Gasteiger partial charge in [0.1, 0.15) is 11.1 Å². The molecule has 0 atom stereocenters. The van der Waals surface area contributed by atoms with Gasteiger partial charge in [-0.05, 0) is 34.7 Å². The maximum absolute atomic E-state index is 12.8. The summed E-state index contributed by atoms with van der Waals surface area (Å²) in [5.74, 6) is -0.160. The lowest BCUT2D eigenvalue weighted by Crippen LogP contribution is -2.10. The average Bonchev–Trinajstić information content (AvgIpc) is 2.91. The van der Waals surface area contributed by atoms with Crippen LogP contribution in [0.1, 0.15) is 42.3 Å². The zero-order chi connectivity index (χ0) is 26.6. The van der Waals surface area contributed by atoms with Crippen molar-refractivity contribution in [3.63, 3.8) is 0 Å². The van der Waals surface area contributed by atoms with Crippen molar-refractivity contribution in [1.29, 1.82) is 5.26 Å². The van der Waals surface area contributed by atoms with Crippen molar-refractivity contribution in [2.24, 2.45) is 0 Å². The zero-order valence-corrected chi connectivity index (χ0v) is 21.6. The molecule has 1 heterocycles. The number of hydrogen-bond donors (Lipinski definition) is 0. The van der Waals surface area contributed by atoms with Crippen molar-refractivity contribution in [1.82, 2.24) is 4.98 Å². The van der Waals surface area contributed by atoms with E-state index in [9.17, 15) is 20.2 Å². The fourth-order valence-electron chi connectivity index (χ4n) is 3.85. The Morgan fingerprint density at radius 2 is 1.62 bits per heavy atom. The van der Waals surface area contributed by atoms with Crippen LogP contribution in [-0.4, -0.2) is 21.4 Å². The maximum Gasteiger partial charge on any atom is 0.269 e. The number of Topliss-reactive ketones (excluding diaryl/α,β-unsaturated/α-hetero) is 1. The molecule has 4 rings (SSSR count). The summed E-state index contributed by atoms with van der Waals surface area (Å²) in [5.41, 5.74) is 5.16. The number of hydrogen-bond acceptors (Lipinski definition) is 6. The predicted molar refractivity (Wildman–Crippen MR) is 147 cm³/mol. The summed E-state index contributed by atoms with van der Waals surface area (Å²) >= 11 is 1.19. The quantitative estimate of drug-likeness (QED) is 0.111. The number of aromatic nitrogens is 1. The van der Waals surface area contributed by atoms with Crippen molar-refractivity contribution >= 4 is 23.2 Å². The first kappa shape index (κ1) is 25.8. The Labute approximate surface area is 220 Å². The molecule has 0 aliphatic rings. The molecule has 3 aromatic carbocycles. The van der Waals surface area contributed by atoms with Crippen LogP contribution in [0.25, 0.3) is 22.4 Å². The van der Waals surface area contributed by atoms with Crippen molar-refractivity contribution in [3.8, 4) is 28.5 Å². The number of nitrogens with zero attached hydrogens (tertiary/aromatic N) is 3. The Bertz CT molecular complexity index is 1490. The van der Waals surface area contributed by atoms with E-state index in [-0.39, 0.29) is 22.6 Å². The highest BCUT2D eigenvalue weighted by Gasteiger charge is 2.19. The normalized spacial score (nSPS) is 11.1. The number of carbonyl (C=O) groups excluding carboxylic acids is 1. The Morgan fingerprint density at radius 1 is 0.973 bits per heavy atom. The summed E-state index contributed by atoms with van der Waals surface area (Å²) in [5, 5.41) is 21.5. The molecule has 0 aliphatic heterocycles. The van der Waals surface area contributed by atoms with Gasteiger partial charge in [0.15, 0.2) is 5.78 Å². The smallest absolute Gasteiger partial charge is 0.269 e. The van der Waals surface area contributed by atoms with Gasteiger partial charge >= 0.3 is 0 Å². The Morgan fingerprint density at radius 3 is 2.19 bits per heavy atom. The van der Waals surface area contributed by atoms with E-state index in [4.69, 9.17) is 4.98 Å². The Balaban J connectivity index is 1.72. The first-order chi connectivity index (χ1) is 17.7. The number of pyridine rings is 1. The van der Waals surface area contributed by atoms with Crippen LogP contribution in [0.3, 0.4) is 0 Å². The van der Waals surface area contributed by atoms with Crippen LogP contribution < -0.4 is 0 Å². The number of ketones is 1. The summed E-state index contributed by atoms with van der Waals surface area (Å²) < 4.78 is 0. The number of benzene rings is 3. The monoisotopic (exact) mass is 507 g/mol. The van der Waals surface area contributed by atoms with Crippen molar-refractivity contribution in [3.05, 3.63) is 112 Å². The van der Waals surface area contributed by atoms with Gasteiger partial charge in [-0.25, -0.2) is 4.98 Å². The fourth-order valence-corrected chi connectivity index (χ4v) is 4.75. The van der Waals surface area contributed by atoms with Crippen LogP contribution >= 0.6 is 11.8 Å². The molecule has 0 unspecified atom stereocenters. The summed E-state index contributed by atoms with van der Waals surface area (Å²) in [7, 11) is 0. The van der Waals surface area contributed by atoms with Gasteiger partial charge in [-0.3, -0.25) is 14.9 Å². The van der Waals surface area contributed by atoms with Gasteiger partial charge in [0.25, 0.3) is 5.69 Å². The van der Waals surface area contributed by atoms with Crippen LogP contribution in [0.2, 0.25) is 0 Å². The number of thioether (sulfide) groups is 1. The number of nitro groups is 1. The molecule has 0 spiro atoms. The van der Waals surface area contributed by atoms with Gasteiger partial charge in [-0.2, -0.15) is 5.26 Å². The molecule has 6 nitrogen and oxygen atoms in total. The van der Waals surface area contributed by atoms with E-state index in [2.05, 4.69) is 39.0 Å². The molecule has 0 radical (unpaired) electrons. The second-order valence-electron chi connectivity index (χ2n) is 9.56. The van der Waals surface area contributed by atoms with Crippen LogP contribution in [-0.2, 0) is 5.41 Å². The van der Waals surface area contributed by atoms with Crippen molar-refractivity contribution in [2.45, 2.75) is 31.2 Å². The van der Waals surface area contributed by atoms with Crippen LogP contribution in [0.15, 0.2) is 90.0 Å². The molecule has 0 saturated heterocycles. The first-order valence-corrected chi connectivity index (χ1v) is 12.7. The topological polar surface area (TPSA) is 96.9 Å². The average molecular weight is 508 g/mol. The third-order valence-corrected chi connectivity index (χ3v) is 6.94. The summed E-state index contributed by atoms with van der Waals surface area (Å²) in [6.07, 6.45) is 0. The largest absolute Gasteiger partial charge is 0.293 e. The molecule has 0 bridgehead atoms. The van der Waals surface area contributed by atoms with Gasteiger partial charge < -0.3 is 0 Å². The molecule has 184 valence electrons. The highest BCUT2D eigenvalue weighted by Crippen LogP contribution is 2.35. The SMILES string of the molecule is CC(C)(C)c1ccc(-c2cc(-c3ccccc3)nc(SCC(=O)c3ccc([N+](=O)[O-])cc3)c2C#N)cc1. The fraction of sp³-hybridized carbons (Fsp3) is 0.167. The minimum atomic E-state index is -0.503. The number of nitro benzene ring substituents is 1. The van der Waals surface area contributed by atoms with Gasteiger partial charge in [-0.15, -0.1) is 0 Å². The van der Waals surface area contributed by atoms with Gasteiger partial charge in [0, 0.05) is 28.8 Å². The second kappa shape index (κ2) is 10.8. The number of rotatable bonds is 7. The minimum Gasteiger partial charge on any atom is -0.293 e. The molecule has 1 aromatic heterocycles. The molecular formula is C30H25N3O3S. The lowest BCUT2D eigenvalue weighted by atomic mass is 9.86. The highest BCUT2D eigenvalue weighted by molar-refractivity contribution is 8.00. The van der Waals surface area contributed by atoms with E-state index in [1.165, 1.54) is 41.6 Å². The third-order valence-electron chi connectivity index (χ3n) is 5.97. The Hall–Kier alpha value is -4.28. The van der Waals surface area contributed by atoms with Gasteiger partial charge in [-0.1, -0.05) is 87.1 Å². The van der Waals surface area contributed by atoms with E-state index in [0.717, 1.165) is 16.7 Å². The summed E-state index contributed by atoms with van der Waals surface area (Å²) in [6, 6.07) is 27.6. The lowest BCUT2D eigenvalue weighted by molar-refractivity contribution is -0.384. The number of non-ortho nitro benzene ring substituents is 1. The van der Waals surface area contributed by atoms with Crippen molar-refractivity contribution in [2.75, 3.05) is 5.75 Å². The van der Waals surface area contributed by atoms with Crippen LogP contribution in [0, 0.1) is 21.4 Å². The van der Waals surface area contributed by atoms with Crippen LogP contribution in [0.5, 0.6) is 0 Å². The minimum absolute atomic E-state index is 0.00325. The third kappa shape index (κ3) is 5.93. The molecule has 0 saturated carbocycles. The van der Waals surface area contributed by atoms with E-state index in [1.807, 2.05) is 48.5 Å². The van der Waals surface area contributed by atoms with E-state index in [0.29, 0.717) is 21.8 Å². The molecule has 4 aromatic rings. The predicted octanol–water partition coefficient (Wildman–Crippen LogP) is 7.47. The van der Waals surface area contributed by atoms with Crippen LogP contribution in [0.4, 0.5) is 5.69 Å². The summed E-state index contributed by atoms with van der Waals surface area (Å²) in [6.45, 7) is 6.46.